The van der Waals surface area contributed by atoms with Crippen molar-refractivity contribution in [1.82, 2.24) is 10.3 Å². The highest BCUT2D eigenvalue weighted by atomic mass is 32.2. The topological polar surface area (TPSA) is 89.9 Å². The molecule has 0 fully saturated rings. The van der Waals surface area contributed by atoms with Gasteiger partial charge in [0, 0.05) is 12.3 Å². The molecule has 0 aromatic rings. The minimum atomic E-state index is -0.0837. The number of unbranched alkanes of at least 4 members (excludes halogenated alkanes) is 2. The Morgan fingerprint density at radius 2 is 1.76 bits per heavy atom. The maximum atomic E-state index is 7.46. The summed E-state index contributed by atoms with van der Waals surface area (Å²) in [5.41, 5.74) is -0.0301. The van der Waals surface area contributed by atoms with Crippen LogP contribution < -0.4 is 11.2 Å². The van der Waals surface area contributed by atoms with Crippen molar-refractivity contribution >= 4 is 31.2 Å². The lowest BCUT2D eigenvalue weighted by molar-refractivity contribution is 0.180. The quantitative estimate of drug-likeness (QED) is 0.126. The molecule has 1 atom stereocenters. The van der Waals surface area contributed by atoms with E-state index in [1.165, 1.54) is 37.1 Å². The Morgan fingerprint density at radius 3 is 2.24 bits per heavy atom. The van der Waals surface area contributed by atoms with Gasteiger partial charge in [-0.3, -0.25) is 5.41 Å². The number of thioether (sulfide) groups is 1. The van der Waals surface area contributed by atoms with Crippen LogP contribution in [0.15, 0.2) is 10.2 Å². The van der Waals surface area contributed by atoms with Crippen LogP contribution in [-0.2, 0) is 0 Å². The summed E-state index contributed by atoms with van der Waals surface area (Å²) in [5, 5.41) is 19.8. The van der Waals surface area contributed by atoms with E-state index in [2.05, 4.69) is 49.9 Å². The summed E-state index contributed by atoms with van der Waals surface area (Å²) < 4.78 is 0. The number of nitrogens with two attached hydrogens (primary N) is 1. The molecule has 0 heterocycles. The minimum Gasteiger partial charge on any atom is -0.370 e. The first-order valence-corrected chi connectivity index (χ1v) is 10.3. The number of rotatable bonds is 16. The van der Waals surface area contributed by atoms with E-state index >= 15 is 0 Å². The molecule has 0 spiro atoms. The summed E-state index contributed by atoms with van der Waals surface area (Å²) in [6.07, 6.45) is 10.8. The maximum absolute atomic E-state index is 7.46. The zero-order valence-corrected chi connectivity index (χ0v) is 17.4. The number of nitrogens with one attached hydrogen (secondary N) is 2. The summed E-state index contributed by atoms with van der Waals surface area (Å²) in [7, 11) is 0. The minimum absolute atomic E-state index is 0.0536. The molecule has 25 heavy (non-hydrogen) atoms. The van der Waals surface area contributed by atoms with E-state index < -0.39 is 0 Å². The van der Waals surface area contributed by atoms with Crippen LogP contribution in [0.3, 0.4) is 0 Å². The second kappa shape index (κ2) is 13.0. The van der Waals surface area contributed by atoms with Crippen LogP contribution in [0.25, 0.3) is 0 Å². The summed E-state index contributed by atoms with van der Waals surface area (Å²) >= 11 is 2.04. The van der Waals surface area contributed by atoms with Gasteiger partial charge in [0.15, 0.2) is 0 Å². The van der Waals surface area contributed by atoms with E-state index in [1.54, 1.807) is 11.3 Å². The van der Waals surface area contributed by atoms with Gasteiger partial charge >= 0.3 is 0 Å². The molecule has 0 saturated heterocycles. The Balaban J connectivity index is 3.76. The molecule has 4 N–H and O–H groups in total. The highest BCUT2D eigenvalue weighted by Crippen LogP contribution is 2.25. The number of hydrazone groups is 2. The van der Waals surface area contributed by atoms with Gasteiger partial charge < -0.3 is 11.2 Å². The van der Waals surface area contributed by atoms with Crippen LogP contribution in [0.2, 0.25) is 0 Å². The zero-order valence-electron chi connectivity index (χ0n) is 16.6. The van der Waals surface area contributed by atoms with Gasteiger partial charge in [-0.05, 0) is 64.4 Å². The summed E-state index contributed by atoms with van der Waals surface area (Å²) in [6, 6.07) is 0. The van der Waals surface area contributed by atoms with Crippen molar-refractivity contribution in [1.29, 1.82) is 5.41 Å². The van der Waals surface area contributed by atoms with Crippen molar-refractivity contribution in [2.45, 2.75) is 83.7 Å². The Bertz CT molecular complexity index is 391. The molecule has 7 heteroatoms. The van der Waals surface area contributed by atoms with E-state index in [0.29, 0.717) is 0 Å². The predicted octanol–water partition coefficient (Wildman–Crippen LogP) is 4.02. The molecule has 0 amide bonds. The standard InChI is InChI=1S/C18H38N6S/c1-6-18(4,24(15-19)21-5)12-8-10-14-25-13-9-7-11-17(2,3)22-16-23-20/h15-16,19H,5-14,20H2,1-4H3,(H,22,23). The molecule has 0 aromatic carbocycles. The molecule has 0 aliphatic rings. The highest BCUT2D eigenvalue weighted by Gasteiger charge is 2.27. The van der Waals surface area contributed by atoms with Crippen molar-refractivity contribution < 1.29 is 0 Å². The zero-order chi connectivity index (χ0) is 19.2. The van der Waals surface area contributed by atoms with Crippen LogP contribution >= 0.6 is 11.8 Å². The molecule has 146 valence electrons. The van der Waals surface area contributed by atoms with E-state index in [4.69, 9.17) is 11.3 Å². The first-order valence-electron chi connectivity index (χ1n) is 9.19. The Labute approximate surface area is 158 Å². The van der Waals surface area contributed by atoms with Gasteiger partial charge in [0.2, 0.25) is 0 Å². The van der Waals surface area contributed by atoms with Crippen LogP contribution in [0.4, 0.5) is 0 Å². The third-order valence-electron chi connectivity index (χ3n) is 4.71. The van der Waals surface area contributed by atoms with Gasteiger partial charge in [-0.2, -0.15) is 22.0 Å². The van der Waals surface area contributed by atoms with Gasteiger partial charge in [-0.25, -0.2) is 5.01 Å². The largest absolute Gasteiger partial charge is 0.370 e. The van der Waals surface area contributed by atoms with E-state index in [-0.39, 0.29) is 11.1 Å². The third kappa shape index (κ3) is 10.4. The maximum Gasteiger partial charge on any atom is 0.108 e. The van der Waals surface area contributed by atoms with E-state index in [1.807, 2.05) is 11.8 Å². The van der Waals surface area contributed by atoms with Gasteiger partial charge in [0.25, 0.3) is 0 Å². The molecule has 1 unspecified atom stereocenters. The smallest absolute Gasteiger partial charge is 0.108 e. The van der Waals surface area contributed by atoms with Crippen molar-refractivity contribution in [3.8, 4) is 0 Å². The average Bonchev–Trinajstić information content (AvgIpc) is 2.59. The van der Waals surface area contributed by atoms with Crippen molar-refractivity contribution in [2.24, 2.45) is 16.0 Å². The lowest BCUT2D eigenvalue weighted by Gasteiger charge is -2.35. The van der Waals surface area contributed by atoms with Gasteiger partial charge in [0.1, 0.15) is 12.7 Å². The van der Waals surface area contributed by atoms with E-state index in [0.717, 1.165) is 25.7 Å². The van der Waals surface area contributed by atoms with Gasteiger partial charge in [-0.15, -0.1) is 0 Å². The normalized spacial score (nSPS) is 14.2. The molecule has 0 aliphatic carbocycles. The highest BCUT2D eigenvalue weighted by molar-refractivity contribution is 7.99. The number of hydrogen-bond donors (Lipinski definition) is 3. The van der Waals surface area contributed by atoms with Crippen LogP contribution in [0.1, 0.15) is 72.6 Å². The first-order chi connectivity index (χ1) is 11.8. The fraction of sp³-hybridized carbons (Fsp3) is 0.833. The lowest BCUT2D eigenvalue weighted by atomic mass is 9.91. The Kier molecular flexibility index (Phi) is 12.4. The molecule has 0 saturated carbocycles. The fourth-order valence-corrected chi connectivity index (χ4v) is 3.71. The third-order valence-corrected chi connectivity index (χ3v) is 5.87. The molecule has 0 bridgehead atoms. The van der Waals surface area contributed by atoms with Crippen molar-refractivity contribution in [2.75, 3.05) is 11.5 Å². The summed E-state index contributed by atoms with van der Waals surface area (Å²) in [4.78, 5) is 0. The van der Waals surface area contributed by atoms with Gasteiger partial charge in [-0.1, -0.05) is 19.8 Å². The molecule has 0 radical (unpaired) electrons. The molecule has 6 nitrogen and oxygen atoms in total. The predicted molar refractivity (Wildman–Crippen MR) is 114 cm³/mol. The number of nitrogens with zero attached hydrogens (tertiary/aromatic N) is 3. The second-order valence-corrected chi connectivity index (χ2v) is 8.52. The fourth-order valence-electron chi connectivity index (χ4n) is 2.69. The van der Waals surface area contributed by atoms with Crippen LogP contribution in [0.5, 0.6) is 0 Å². The summed E-state index contributed by atoms with van der Waals surface area (Å²) in [6.45, 7) is 12.2. The molecular weight excluding hydrogens is 332 g/mol. The molecule has 0 aromatic heterocycles. The molecule has 0 rings (SSSR count). The van der Waals surface area contributed by atoms with Crippen LogP contribution in [-0.4, -0.2) is 47.0 Å². The Morgan fingerprint density at radius 1 is 1.16 bits per heavy atom. The lowest BCUT2D eigenvalue weighted by Crippen LogP contribution is -2.41. The van der Waals surface area contributed by atoms with Crippen molar-refractivity contribution in [3.05, 3.63) is 0 Å². The second-order valence-electron chi connectivity index (χ2n) is 7.30. The Hall–Kier alpha value is -1.24. The monoisotopic (exact) mass is 370 g/mol. The summed E-state index contributed by atoms with van der Waals surface area (Å²) in [5.74, 6) is 7.54. The molecule has 0 aliphatic heterocycles. The van der Waals surface area contributed by atoms with Gasteiger partial charge in [0.05, 0.1) is 5.54 Å². The first kappa shape index (κ1) is 23.8. The SMILES string of the molecule is C=NN(C=N)C(C)(CC)CCCCSCCCCC(C)(C)NC=NN. The number of hydrogen-bond acceptors (Lipinski definition) is 5. The van der Waals surface area contributed by atoms with Crippen molar-refractivity contribution in [3.63, 3.8) is 0 Å². The molecular formula is C18H38N6S. The van der Waals surface area contributed by atoms with E-state index in [9.17, 15) is 0 Å². The van der Waals surface area contributed by atoms with Crippen LogP contribution in [0, 0.1) is 5.41 Å². The average molecular weight is 371 g/mol.